The van der Waals surface area contributed by atoms with Crippen molar-refractivity contribution in [3.8, 4) is 0 Å². The second kappa shape index (κ2) is 6.00. The number of aliphatic carboxylic acids is 1. The van der Waals surface area contributed by atoms with Gasteiger partial charge in [0.15, 0.2) is 0 Å². The van der Waals surface area contributed by atoms with Crippen LogP contribution in [0.25, 0.3) is 6.08 Å². The van der Waals surface area contributed by atoms with Gasteiger partial charge < -0.3 is 9.67 Å². The van der Waals surface area contributed by atoms with Crippen molar-refractivity contribution in [1.82, 2.24) is 9.55 Å². The zero-order valence-electron chi connectivity index (χ0n) is 10.8. The largest absolute Gasteiger partial charge is 0.478 e. The van der Waals surface area contributed by atoms with E-state index in [9.17, 15) is 4.79 Å². The van der Waals surface area contributed by atoms with Gasteiger partial charge in [0.2, 0.25) is 0 Å². The smallest absolute Gasteiger partial charge is 0.328 e. The first-order valence-electron chi connectivity index (χ1n) is 6.19. The van der Waals surface area contributed by atoms with Gasteiger partial charge in [0.25, 0.3) is 0 Å². The van der Waals surface area contributed by atoms with Crippen molar-refractivity contribution in [2.75, 3.05) is 0 Å². The Labute approximate surface area is 112 Å². The van der Waals surface area contributed by atoms with E-state index in [1.54, 1.807) is 6.08 Å². The van der Waals surface area contributed by atoms with E-state index < -0.39 is 5.97 Å². The van der Waals surface area contributed by atoms with Crippen molar-refractivity contribution in [2.24, 2.45) is 0 Å². The van der Waals surface area contributed by atoms with Gasteiger partial charge in [-0.15, -0.1) is 0 Å². The zero-order valence-corrected chi connectivity index (χ0v) is 10.8. The van der Waals surface area contributed by atoms with E-state index in [1.807, 2.05) is 36.7 Å². The average molecular weight is 256 g/mol. The first-order chi connectivity index (χ1) is 9.19. The predicted molar refractivity (Wildman–Crippen MR) is 73.8 cm³/mol. The molecule has 4 nitrogen and oxygen atoms in total. The zero-order chi connectivity index (χ0) is 13.7. The molecule has 0 saturated carbocycles. The normalized spacial score (nSPS) is 11.0. The molecule has 0 atom stereocenters. The van der Waals surface area contributed by atoms with Crippen LogP contribution in [0, 0.1) is 0 Å². The molecule has 1 N–H and O–H groups in total. The van der Waals surface area contributed by atoms with Crippen LogP contribution in [0.3, 0.4) is 0 Å². The minimum absolute atomic E-state index is 0.784. The number of rotatable bonds is 5. The van der Waals surface area contributed by atoms with Crippen LogP contribution >= 0.6 is 0 Å². The molecule has 0 unspecified atom stereocenters. The molecule has 1 heterocycles. The fourth-order valence-electron chi connectivity index (χ4n) is 1.90. The van der Waals surface area contributed by atoms with Crippen molar-refractivity contribution >= 4 is 12.0 Å². The summed E-state index contributed by atoms with van der Waals surface area (Å²) in [5.41, 5.74) is 2.05. The van der Waals surface area contributed by atoms with Gasteiger partial charge in [0.1, 0.15) is 5.82 Å². The van der Waals surface area contributed by atoms with Gasteiger partial charge in [0.05, 0.1) is 0 Å². The van der Waals surface area contributed by atoms with Crippen LogP contribution in [0.15, 0.2) is 42.7 Å². The molecule has 98 valence electrons. The van der Waals surface area contributed by atoms with Crippen molar-refractivity contribution in [3.05, 3.63) is 59.7 Å². The predicted octanol–water partition coefficient (Wildman–Crippen LogP) is 2.59. The molecular formula is C15H16N2O2. The van der Waals surface area contributed by atoms with E-state index in [-0.39, 0.29) is 0 Å². The van der Waals surface area contributed by atoms with E-state index in [2.05, 4.69) is 16.5 Å². The summed E-state index contributed by atoms with van der Waals surface area (Å²) in [4.78, 5) is 14.7. The topological polar surface area (TPSA) is 55.1 Å². The maximum atomic E-state index is 10.4. The molecule has 0 aliphatic heterocycles. The maximum absolute atomic E-state index is 10.4. The van der Waals surface area contributed by atoms with Crippen molar-refractivity contribution < 1.29 is 9.90 Å². The lowest BCUT2D eigenvalue weighted by atomic mass is 10.1. The molecular weight excluding hydrogens is 240 g/mol. The monoisotopic (exact) mass is 256 g/mol. The van der Waals surface area contributed by atoms with Crippen LogP contribution in [0.4, 0.5) is 0 Å². The highest BCUT2D eigenvalue weighted by Gasteiger charge is 2.01. The summed E-state index contributed by atoms with van der Waals surface area (Å²) in [6.07, 6.45) is 7.41. The van der Waals surface area contributed by atoms with Gasteiger partial charge in [0, 0.05) is 31.4 Å². The lowest BCUT2D eigenvalue weighted by Crippen LogP contribution is -2.03. The number of nitrogens with zero attached hydrogens (tertiary/aromatic N) is 2. The van der Waals surface area contributed by atoms with Crippen molar-refractivity contribution in [3.63, 3.8) is 0 Å². The molecule has 1 aromatic carbocycles. The number of aryl methyl sites for hydroxylation is 1. The Balaban J connectivity index is 2.09. The molecule has 2 aromatic rings. The lowest BCUT2D eigenvalue weighted by Gasteiger charge is -2.06. The second-order valence-electron chi connectivity index (χ2n) is 4.24. The van der Waals surface area contributed by atoms with Crippen LogP contribution < -0.4 is 0 Å². The average Bonchev–Trinajstić information content (AvgIpc) is 2.85. The van der Waals surface area contributed by atoms with Crippen molar-refractivity contribution in [2.45, 2.75) is 19.9 Å². The molecule has 0 radical (unpaired) electrons. The molecule has 0 fully saturated rings. The molecule has 1 aromatic heterocycles. The van der Waals surface area contributed by atoms with E-state index in [0.29, 0.717) is 0 Å². The van der Waals surface area contributed by atoms with Crippen LogP contribution in [0.1, 0.15) is 23.9 Å². The maximum Gasteiger partial charge on any atom is 0.328 e. The Hall–Kier alpha value is -2.36. The molecule has 2 rings (SSSR count). The summed E-state index contributed by atoms with van der Waals surface area (Å²) < 4.78 is 2.11. The number of carboxylic acids is 1. The Morgan fingerprint density at radius 1 is 1.37 bits per heavy atom. The summed E-state index contributed by atoms with van der Waals surface area (Å²) in [5.74, 6) is 0.130. The van der Waals surface area contributed by atoms with Crippen LogP contribution in [-0.4, -0.2) is 20.6 Å². The lowest BCUT2D eigenvalue weighted by molar-refractivity contribution is -0.131. The standard InChI is InChI=1S/C15H16N2O2/c1-2-14-16-9-10-17(14)11-13-5-3-12(4-6-13)7-8-15(18)19/h3-10H,2,11H2,1H3,(H,18,19)/b8-7+. The second-order valence-corrected chi connectivity index (χ2v) is 4.24. The Morgan fingerprint density at radius 3 is 2.74 bits per heavy atom. The van der Waals surface area contributed by atoms with Gasteiger partial charge in [-0.25, -0.2) is 9.78 Å². The summed E-state index contributed by atoms with van der Waals surface area (Å²) >= 11 is 0. The SMILES string of the molecule is CCc1nccn1Cc1ccc(/C=C/C(=O)O)cc1. The number of hydrogen-bond donors (Lipinski definition) is 1. The summed E-state index contributed by atoms with van der Waals surface area (Å²) in [6, 6.07) is 7.83. The summed E-state index contributed by atoms with van der Waals surface area (Å²) in [7, 11) is 0. The first kappa shape index (κ1) is 13.1. The third-order valence-electron chi connectivity index (χ3n) is 2.87. The van der Waals surface area contributed by atoms with E-state index >= 15 is 0 Å². The fourth-order valence-corrected chi connectivity index (χ4v) is 1.90. The molecule has 0 bridgehead atoms. The molecule has 0 amide bonds. The highest BCUT2D eigenvalue weighted by atomic mass is 16.4. The van der Waals surface area contributed by atoms with Crippen LogP contribution in [0.2, 0.25) is 0 Å². The number of carboxylic acid groups (broad SMARTS) is 1. The number of imidazole rings is 1. The minimum Gasteiger partial charge on any atom is -0.478 e. The van der Waals surface area contributed by atoms with Gasteiger partial charge in [-0.1, -0.05) is 31.2 Å². The third kappa shape index (κ3) is 3.55. The number of benzene rings is 1. The Bertz CT molecular complexity index is 582. The quantitative estimate of drug-likeness (QED) is 0.836. The Kier molecular flexibility index (Phi) is 4.13. The van der Waals surface area contributed by atoms with Crippen LogP contribution in [-0.2, 0) is 17.8 Å². The molecule has 0 aliphatic rings. The molecule has 0 aliphatic carbocycles. The van der Waals surface area contributed by atoms with E-state index in [1.165, 1.54) is 5.56 Å². The van der Waals surface area contributed by atoms with E-state index in [4.69, 9.17) is 5.11 Å². The van der Waals surface area contributed by atoms with Crippen LogP contribution in [0.5, 0.6) is 0 Å². The molecule has 4 heteroatoms. The summed E-state index contributed by atoms with van der Waals surface area (Å²) in [6.45, 7) is 2.87. The van der Waals surface area contributed by atoms with E-state index in [0.717, 1.165) is 30.4 Å². The molecule has 19 heavy (non-hydrogen) atoms. The van der Waals surface area contributed by atoms with Gasteiger partial charge in [-0.2, -0.15) is 0 Å². The highest BCUT2D eigenvalue weighted by Crippen LogP contribution is 2.09. The fraction of sp³-hybridized carbons (Fsp3) is 0.200. The Morgan fingerprint density at radius 2 is 2.11 bits per heavy atom. The third-order valence-corrected chi connectivity index (χ3v) is 2.87. The molecule has 0 spiro atoms. The number of hydrogen-bond acceptors (Lipinski definition) is 2. The van der Waals surface area contributed by atoms with Crippen molar-refractivity contribution in [1.29, 1.82) is 0 Å². The van der Waals surface area contributed by atoms with Gasteiger partial charge in [-0.3, -0.25) is 0 Å². The summed E-state index contributed by atoms with van der Waals surface area (Å²) in [5, 5.41) is 8.56. The first-order valence-corrected chi connectivity index (χ1v) is 6.19. The highest BCUT2D eigenvalue weighted by molar-refractivity contribution is 5.85. The number of carbonyl (C=O) groups is 1. The minimum atomic E-state index is -0.935. The molecule has 0 saturated heterocycles. The number of aromatic nitrogens is 2. The van der Waals surface area contributed by atoms with Gasteiger partial charge >= 0.3 is 5.97 Å². The van der Waals surface area contributed by atoms with Gasteiger partial charge in [-0.05, 0) is 17.2 Å².